The number of carbonyl (C=O) groups excluding carboxylic acids is 4. The summed E-state index contributed by atoms with van der Waals surface area (Å²) in [4.78, 5) is 54.8. The lowest BCUT2D eigenvalue weighted by molar-refractivity contribution is -0.342. The topological polar surface area (TPSA) is 192 Å². The first kappa shape index (κ1) is 39.7. The summed E-state index contributed by atoms with van der Waals surface area (Å²) in [5, 5.41) is 21.5. The third-order valence-electron chi connectivity index (χ3n) is 9.50. The van der Waals surface area contributed by atoms with E-state index < -0.39 is 105 Å². The molecule has 298 valence electrons. The van der Waals surface area contributed by atoms with Crippen LogP contribution < -0.4 is 0 Å². The van der Waals surface area contributed by atoms with Crippen LogP contribution in [0, 0.1) is 0 Å². The summed E-state index contributed by atoms with van der Waals surface area (Å²) >= 11 is 0. The average Bonchev–Trinajstić information content (AvgIpc) is 3.63. The largest absolute Gasteiger partial charge is 0.459 e. The molecule has 0 amide bonds. The van der Waals surface area contributed by atoms with Gasteiger partial charge in [-0.05, 0) is 55.5 Å². The maximum Gasteiger partial charge on any atom is 0.338 e. The summed E-state index contributed by atoms with van der Waals surface area (Å²) < 4.78 is 54.1. The summed E-state index contributed by atoms with van der Waals surface area (Å²) in [5.41, 5.74) is 0.545. The SMILES string of the molecule is C[C@H]1O[C@@H]2O[C@H](CO)[C@@H](O)[C@H](O[C@H]3O[C@H](COC(=O)c4ccccc4)[C@@H](OC(=O)c4ccccc4)[C@H](OC(=O)c4ccccc4)[C@@H]3OC(=O)c3ccccc3)[C@@H]2O1. The van der Waals surface area contributed by atoms with Gasteiger partial charge in [0.25, 0.3) is 0 Å². The zero-order chi connectivity index (χ0) is 39.9. The predicted molar refractivity (Wildman–Crippen MR) is 194 cm³/mol. The Morgan fingerprint density at radius 1 is 0.544 bits per heavy atom. The van der Waals surface area contributed by atoms with E-state index in [9.17, 15) is 29.4 Å². The molecule has 15 heteroatoms. The fourth-order valence-electron chi connectivity index (χ4n) is 6.69. The van der Waals surface area contributed by atoms with Crippen LogP contribution in [0.3, 0.4) is 0 Å². The van der Waals surface area contributed by atoms with Crippen molar-refractivity contribution in [2.24, 2.45) is 0 Å². The average molecular weight is 785 g/mol. The molecule has 0 saturated carbocycles. The van der Waals surface area contributed by atoms with Gasteiger partial charge >= 0.3 is 23.9 Å². The molecule has 2 N–H and O–H groups in total. The van der Waals surface area contributed by atoms with Gasteiger partial charge in [-0.3, -0.25) is 0 Å². The lowest BCUT2D eigenvalue weighted by Gasteiger charge is -2.47. The summed E-state index contributed by atoms with van der Waals surface area (Å²) in [6.07, 6.45) is -15.3. The maximum atomic E-state index is 13.9. The lowest BCUT2D eigenvalue weighted by Crippen LogP contribution is -2.66. The van der Waals surface area contributed by atoms with Gasteiger partial charge in [0.2, 0.25) is 0 Å². The molecule has 3 saturated heterocycles. The molecule has 0 bridgehead atoms. The van der Waals surface area contributed by atoms with E-state index in [1.165, 1.54) is 48.5 Å². The van der Waals surface area contributed by atoms with Crippen molar-refractivity contribution in [3.63, 3.8) is 0 Å². The number of benzene rings is 4. The van der Waals surface area contributed by atoms with Crippen molar-refractivity contribution in [3.05, 3.63) is 144 Å². The zero-order valence-corrected chi connectivity index (χ0v) is 30.5. The molecule has 11 atom stereocenters. The van der Waals surface area contributed by atoms with Gasteiger partial charge in [0.15, 0.2) is 37.2 Å². The predicted octanol–water partition coefficient (Wildman–Crippen LogP) is 3.47. The minimum absolute atomic E-state index is 0.105. The number of aliphatic hydroxyl groups is 2. The van der Waals surface area contributed by atoms with Crippen molar-refractivity contribution in [1.82, 2.24) is 0 Å². The molecule has 3 fully saturated rings. The Labute approximate surface area is 326 Å². The number of aliphatic hydroxyl groups excluding tert-OH is 2. The van der Waals surface area contributed by atoms with Crippen LogP contribution in [0.25, 0.3) is 0 Å². The number of hydrogen-bond acceptors (Lipinski definition) is 15. The molecule has 3 aliphatic heterocycles. The molecular formula is C42H40O15. The molecule has 3 heterocycles. The first-order chi connectivity index (χ1) is 27.7. The van der Waals surface area contributed by atoms with E-state index >= 15 is 0 Å². The quantitative estimate of drug-likeness (QED) is 0.157. The van der Waals surface area contributed by atoms with E-state index in [4.69, 9.17) is 42.6 Å². The summed E-state index contributed by atoms with van der Waals surface area (Å²) in [6, 6.07) is 31.9. The van der Waals surface area contributed by atoms with Crippen LogP contribution in [0.4, 0.5) is 0 Å². The summed E-state index contributed by atoms with van der Waals surface area (Å²) in [7, 11) is 0. The normalized spacial score (nSPS) is 29.4. The van der Waals surface area contributed by atoms with Crippen molar-refractivity contribution < 1.29 is 72.0 Å². The van der Waals surface area contributed by atoms with Crippen LogP contribution in [-0.4, -0.2) is 115 Å². The van der Waals surface area contributed by atoms with Crippen LogP contribution in [0.2, 0.25) is 0 Å². The smallest absolute Gasteiger partial charge is 0.338 e. The van der Waals surface area contributed by atoms with Gasteiger partial charge in [-0.15, -0.1) is 0 Å². The summed E-state index contributed by atoms with van der Waals surface area (Å²) in [6.45, 7) is 0.382. The van der Waals surface area contributed by atoms with E-state index in [0.717, 1.165) is 0 Å². The van der Waals surface area contributed by atoms with Crippen LogP contribution in [-0.2, 0) is 42.6 Å². The number of carbonyl (C=O) groups is 4. The molecule has 0 aliphatic carbocycles. The van der Waals surface area contributed by atoms with Gasteiger partial charge < -0.3 is 52.8 Å². The van der Waals surface area contributed by atoms with E-state index in [-0.39, 0.29) is 22.3 Å². The van der Waals surface area contributed by atoms with Crippen molar-refractivity contribution in [3.8, 4) is 0 Å². The van der Waals surface area contributed by atoms with Gasteiger partial charge in [-0.2, -0.15) is 0 Å². The molecule has 4 aromatic rings. The van der Waals surface area contributed by atoms with Crippen molar-refractivity contribution in [2.75, 3.05) is 13.2 Å². The molecule has 4 aromatic carbocycles. The first-order valence-corrected chi connectivity index (χ1v) is 18.3. The Morgan fingerprint density at radius 3 is 1.49 bits per heavy atom. The first-order valence-electron chi connectivity index (χ1n) is 18.3. The zero-order valence-electron chi connectivity index (χ0n) is 30.5. The highest BCUT2D eigenvalue weighted by Gasteiger charge is 2.58. The van der Waals surface area contributed by atoms with Crippen LogP contribution in [0.5, 0.6) is 0 Å². The summed E-state index contributed by atoms with van der Waals surface area (Å²) in [5.74, 6) is -3.40. The van der Waals surface area contributed by atoms with Gasteiger partial charge in [0.05, 0.1) is 28.9 Å². The van der Waals surface area contributed by atoms with E-state index in [0.29, 0.717) is 0 Å². The molecule has 3 aliphatic rings. The van der Waals surface area contributed by atoms with Gasteiger partial charge in [-0.25, -0.2) is 19.2 Å². The minimum Gasteiger partial charge on any atom is -0.459 e. The molecule has 0 unspecified atom stereocenters. The monoisotopic (exact) mass is 784 g/mol. The van der Waals surface area contributed by atoms with Crippen LogP contribution >= 0.6 is 0 Å². The molecular weight excluding hydrogens is 744 g/mol. The Hall–Kier alpha value is -5.52. The third-order valence-corrected chi connectivity index (χ3v) is 9.50. The number of ether oxygens (including phenoxy) is 9. The van der Waals surface area contributed by atoms with Gasteiger partial charge in [-0.1, -0.05) is 72.8 Å². The Balaban J connectivity index is 1.31. The third kappa shape index (κ3) is 9.21. The molecule has 57 heavy (non-hydrogen) atoms. The van der Waals surface area contributed by atoms with Crippen molar-refractivity contribution in [1.29, 1.82) is 0 Å². The second-order valence-electron chi connectivity index (χ2n) is 13.3. The molecule has 0 spiro atoms. The van der Waals surface area contributed by atoms with E-state index in [1.807, 2.05) is 0 Å². The second-order valence-corrected chi connectivity index (χ2v) is 13.3. The molecule has 7 rings (SSSR count). The van der Waals surface area contributed by atoms with Gasteiger partial charge in [0, 0.05) is 0 Å². The maximum absolute atomic E-state index is 13.9. The highest BCUT2D eigenvalue weighted by atomic mass is 16.8. The van der Waals surface area contributed by atoms with Crippen molar-refractivity contribution in [2.45, 2.75) is 74.6 Å². The van der Waals surface area contributed by atoms with Crippen LogP contribution in [0.15, 0.2) is 121 Å². The van der Waals surface area contributed by atoms with E-state index in [2.05, 4.69) is 0 Å². The number of fused-ring (bicyclic) bond motifs is 1. The Kier molecular flexibility index (Phi) is 12.7. The molecule has 0 radical (unpaired) electrons. The van der Waals surface area contributed by atoms with Crippen LogP contribution in [0.1, 0.15) is 48.4 Å². The molecule has 0 aromatic heterocycles. The number of rotatable bonds is 12. The second kappa shape index (κ2) is 18.2. The minimum atomic E-state index is -1.74. The van der Waals surface area contributed by atoms with E-state index in [1.54, 1.807) is 79.7 Å². The highest BCUT2D eigenvalue weighted by molar-refractivity contribution is 5.91. The fourth-order valence-corrected chi connectivity index (χ4v) is 6.69. The molecule has 15 nitrogen and oxygen atoms in total. The Bertz CT molecular complexity index is 1960. The number of esters is 4. The highest BCUT2D eigenvalue weighted by Crippen LogP contribution is 2.37. The standard InChI is InChI=1S/C42H40O15/c1-24-50-35-33(31(44)29(22-43)52-41(35)51-24)57-42-36(56-40(48)28-20-12-5-13-21-28)34(55-39(47)27-18-10-4-11-19-27)32(54-38(46)26-16-8-3-9-17-26)30(53-42)23-49-37(45)25-14-6-2-7-15-25/h2-21,24,29-36,41-44H,22-23H2,1H3/t24-,29-,30-,31-,32-,33+,34+,35+,36+,41-,42-/m1/s1. The fraction of sp³-hybridized carbons (Fsp3) is 0.333. The van der Waals surface area contributed by atoms with Gasteiger partial charge in [0.1, 0.15) is 37.1 Å². The van der Waals surface area contributed by atoms with Crippen molar-refractivity contribution >= 4 is 23.9 Å². The Morgan fingerprint density at radius 2 is 1.00 bits per heavy atom. The number of hydrogen-bond donors (Lipinski definition) is 2. The lowest BCUT2D eigenvalue weighted by atomic mass is 9.96.